The number of anilines is 1. The van der Waals surface area contributed by atoms with Crippen LogP contribution in [0.4, 0.5) is 5.69 Å². The number of carbonyl (C=O) groups is 2. The Bertz CT molecular complexity index is 877. The van der Waals surface area contributed by atoms with Gasteiger partial charge in [0, 0.05) is 18.7 Å². The second-order valence-corrected chi connectivity index (χ2v) is 6.30. The van der Waals surface area contributed by atoms with Crippen LogP contribution < -0.4 is 11.1 Å². The van der Waals surface area contributed by atoms with Crippen LogP contribution in [0.2, 0.25) is 0 Å². The summed E-state index contributed by atoms with van der Waals surface area (Å²) in [7, 11) is 0. The summed E-state index contributed by atoms with van der Waals surface area (Å²) in [5, 5.41) is 11.5. The molecule has 3 rings (SSSR count). The molecule has 3 aromatic rings. The topological polar surface area (TPSA) is 116 Å². The van der Waals surface area contributed by atoms with Crippen molar-refractivity contribution in [2.75, 3.05) is 11.1 Å². The predicted octanol–water partition coefficient (Wildman–Crippen LogP) is 2.14. The van der Waals surface area contributed by atoms with E-state index in [1.54, 1.807) is 16.7 Å². The van der Waals surface area contributed by atoms with E-state index in [4.69, 9.17) is 10.2 Å². The molecule has 0 saturated heterocycles. The van der Waals surface area contributed by atoms with E-state index >= 15 is 0 Å². The molecule has 2 aromatic heterocycles. The van der Waals surface area contributed by atoms with E-state index in [9.17, 15) is 9.59 Å². The number of hydrogen-bond acceptors (Lipinski definition) is 6. The van der Waals surface area contributed by atoms with Crippen LogP contribution in [0.25, 0.3) is 11.6 Å². The van der Waals surface area contributed by atoms with E-state index in [0.717, 1.165) is 5.69 Å². The van der Waals surface area contributed by atoms with Gasteiger partial charge in [-0.05, 0) is 24.3 Å². The Labute approximate surface area is 153 Å². The molecule has 0 saturated carbocycles. The summed E-state index contributed by atoms with van der Waals surface area (Å²) in [5.74, 6) is 0.582. The molecule has 0 unspecified atom stereocenters. The fraction of sp³-hybridized carbons (Fsp3) is 0.176. The molecule has 0 bridgehead atoms. The monoisotopic (exact) mass is 371 g/mol. The van der Waals surface area contributed by atoms with Crippen molar-refractivity contribution in [3.8, 4) is 11.6 Å². The highest BCUT2D eigenvalue weighted by molar-refractivity contribution is 7.99. The number of aromatic nitrogens is 3. The Morgan fingerprint density at radius 1 is 1.15 bits per heavy atom. The predicted molar refractivity (Wildman–Crippen MR) is 97.3 cm³/mol. The molecular formula is C17H17N5O3S. The highest BCUT2D eigenvalue weighted by Crippen LogP contribution is 2.24. The van der Waals surface area contributed by atoms with Crippen LogP contribution >= 0.6 is 11.8 Å². The highest BCUT2D eigenvalue weighted by atomic mass is 32.2. The zero-order valence-electron chi connectivity index (χ0n) is 13.8. The SMILES string of the molecule is NC(=O)CCn1c(SCC(=O)Nc2ccccc2)nnc1-c1ccco1. The molecule has 3 N–H and O–H groups in total. The van der Waals surface area contributed by atoms with Crippen molar-refractivity contribution < 1.29 is 14.0 Å². The van der Waals surface area contributed by atoms with Gasteiger partial charge in [-0.15, -0.1) is 10.2 Å². The molecule has 0 spiro atoms. The van der Waals surface area contributed by atoms with Gasteiger partial charge in [0.1, 0.15) is 0 Å². The Hall–Kier alpha value is -3.07. The molecule has 0 fully saturated rings. The fourth-order valence-electron chi connectivity index (χ4n) is 2.26. The number of nitrogens with zero attached hydrogens (tertiary/aromatic N) is 3. The molecule has 0 radical (unpaired) electrons. The number of thioether (sulfide) groups is 1. The van der Waals surface area contributed by atoms with E-state index in [-0.39, 0.29) is 18.1 Å². The second kappa shape index (κ2) is 8.34. The average Bonchev–Trinajstić information content (AvgIpc) is 3.28. The third-order valence-electron chi connectivity index (χ3n) is 3.43. The first-order chi connectivity index (χ1) is 12.6. The summed E-state index contributed by atoms with van der Waals surface area (Å²) in [6.07, 6.45) is 1.66. The molecule has 134 valence electrons. The molecule has 9 heteroatoms. The molecule has 26 heavy (non-hydrogen) atoms. The van der Waals surface area contributed by atoms with Gasteiger partial charge in [0.15, 0.2) is 16.7 Å². The van der Waals surface area contributed by atoms with Gasteiger partial charge in [0.05, 0.1) is 12.0 Å². The normalized spacial score (nSPS) is 10.6. The van der Waals surface area contributed by atoms with Crippen LogP contribution in [-0.4, -0.2) is 32.3 Å². The highest BCUT2D eigenvalue weighted by Gasteiger charge is 2.17. The van der Waals surface area contributed by atoms with Crippen molar-refractivity contribution in [3.63, 3.8) is 0 Å². The van der Waals surface area contributed by atoms with E-state index < -0.39 is 5.91 Å². The summed E-state index contributed by atoms with van der Waals surface area (Å²) in [4.78, 5) is 23.3. The molecule has 0 atom stereocenters. The van der Waals surface area contributed by atoms with Crippen molar-refractivity contribution in [3.05, 3.63) is 48.7 Å². The second-order valence-electron chi connectivity index (χ2n) is 5.35. The van der Waals surface area contributed by atoms with Crippen molar-refractivity contribution in [1.29, 1.82) is 0 Å². The van der Waals surface area contributed by atoms with Crippen LogP contribution in [0.15, 0.2) is 58.3 Å². The summed E-state index contributed by atoms with van der Waals surface area (Å²) in [6.45, 7) is 0.307. The first kappa shape index (κ1) is 17.7. The van der Waals surface area contributed by atoms with Crippen LogP contribution in [0, 0.1) is 0 Å². The van der Waals surface area contributed by atoms with Crippen LogP contribution in [-0.2, 0) is 16.1 Å². The number of para-hydroxylation sites is 1. The largest absolute Gasteiger partial charge is 0.461 e. The minimum absolute atomic E-state index is 0.134. The van der Waals surface area contributed by atoms with Gasteiger partial charge in [-0.3, -0.25) is 14.2 Å². The van der Waals surface area contributed by atoms with Crippen LogP contribution in [0.3, 0.4) is 0 Å². The molecule has 2 amide bonds. The molecule has 0 aliphatic rings. The smallest absolute Gasteiger partial charge is 0.234 e. The number of rotatable bonds is 8. The number of furan rings is 1. The van der Waals surface area contributed by atoms with Crippen molar-refractivity contribution in [2.45, 2.75) is 18.1 Å². The first-order valence-electron chi connectivity index (χ1n) is 7.86. The van der Waals surface area contributed by atoms with Gasteiger partial charge >= 0.3 is 0 Å². The Morgan fingerprint density at radius 2 is 1.96 bits per heavy atom. The minimum atomic E-state index is -0.429. The van der Waals surface area contributed by atoms with Crippen molar-refractivity contribution >= 4 is 29.3 Å². The Balaban J connectivity index is 1.70. The van der Waals surface area contributed by atoms with Gasteiger partial charge in [-0.2, -0.15) is 0 Å². The third-order valence-corrected chi connectivity index (χ3v) is 4.40. The van der Waals surface area contributed by atoms with Crippen LogP contribution in [0.1, 0.15) is 6.42 Å². The Morgan fingerprint density at radius 3 is 2.65 bits per heavy atom. The zero-order valence-corrected chi connectivity index (χ0v) is 14.6. The first-order valence-corrected chi connectivity index (χ1v) is 8.85. The molecule has 8 nitrogen and oxygen atoms in total. The van der Waals surface area contributed by atoms with E-state index in [1.165, 1.54) is 18.0 Å². The lowest BCUT2D eigenvalue weighted by Crippen LogP contribution is -2.16. The summed E-state index contributed by atoms with van der Waals surface area (Å²) in [6, 6.07) is 12.7. The number of nitrogens with two attached hydrogens (primary N) is 1. The standard InChI is InChI=1S/C17H17N5O3S/c18-14(23)8-9-22-16(13-7-4-10-25-13)20-21-17(22)26-11-15(24)19-12-5-2-1-3-6-12/h1-7,10H,8-9,11H2,(H2,18,23)(H,19,24). The average molecular weight is 371 g/mol. The van der Waals surface area contributed by atoms with Gasteiger partial charge in [-0.1, -0.05) is 30.0 Å². The Kier molecular flexibility index (Phi) is 5.69. The summed E-state index contributed by atoms with van der Waals surface area (Å²) < 4.78 is 7.08. The van der Waals surface area contributed by atoms with Crippen molar-refractivity contribution in [1.82, 2.24) is 14.8 Å². The zero-order chi connectivity index (χ0) is 18.4. The summed E-state index contributed by atoms with van der Waals surface area (Å²) >= 11 is 1.23. The molecule has 0 aliphatic heterocycles. The number of hydrogen-bond donors (Lipinski definition) is 2. The number of nitrogens with one attached hydrogen (secondary N) is 1. The summed E-state index contributed by atoms with van der Waals surface area (Å²) in [5.41, 5.74) is 5.98. The molecule has 0 aliphatic carbocycles. The molecule has 2 heterocycles. The van der Waals surface area contributed by atoms with Crippen molar-refractivity contribution in [2.24, 2.45) is 5.73 Å². The number of benzene rings is 1. The number of amides is 2. The van der Waals surface area contributed by atoms with E-state index in [2.05, 4.69) is 15.5 Å². The quantitative estimate of drug-likeness (QED) is 0.586. The van der Waals surface area contributed by atoms with E-state index in [1.807, 2.05) is 30.3 Å². The fourth-order valence-corrected chi connectivity index (χ4v) is 3.02. The number of carbonyl (C=O) groups excluding carboxylic acids is 2. The lowest BCUT2D eigenvalue weighted by atomic mass is 10.3. The van der Waals surface area contributed by atoms with Gasteiger partial charge < -0.3 is 15.5 Å². The third kappa shape index (κ3) is 4.51. The molecular weight excluding hydrogens is 354 g/mol. The maximum absolute atomic E-state index is 12.1. The minimum Gasteiger partial charge on any atom is -0.461 e. The van der Waals surface area contributed by atoms with E-state index in [0.29, 0.717) is 23.3 Å². The molecule has 1 aromatic carbocycles. The maximum Gasteiger partial charge on any atom is 0.234 e. The lowest BCUT2D eigenvalue weighted by molar-refractivity contribution is -0.118. The van der Waals surface area contributed by atoms with Gasteiger partial charge in [-0.25, -0.2) is 0 Å². The maximum atomic E-state index is 12.1. The number of primary amides is 1. The lowest BCUT2D eigenvalue weighted by Gasteiger charge is -2.08. The van der Waals surface area contributed by atoms with Gasteiger partial charge in [0.2, 0.25) is 11.8 Å². The van der Waals surface area contributed by atoms with Gasteiger partial charge in [0.25, 0.3) is 0 Å². The van der Waals surface area contributed by atoms with Crippen LogP contribution in [0.5, 0.6) is 0 Å².